The maximum absolute atomic E-state index is 12.2. The van der Waals surface area contributed by atoms with Crippen molar-refractivity contribution in [3.63, 3.8) is 0 Å². The number of nitrogens with one attached hydrogen (secondary N) is 1. The van der Waals surface area contributed by atoms with Gasteiger partial charge in [0, 0.05) is 25.1 Å². The minimum absolute atomic E-state index is 0.00152. The molecule has 0 atom stereocenters. The van der Waals surface area contributed by atoms with E-state index in [-0.39, 0.29) is 30.3 Å². The van der Waals surface area contributed by atoms with Gasteiger partial charge in [0.1, 0.15) is 6.61 Å². The summed E-state index contributed by atoms with van der Waals surface area (Å²) in [4.78, 5) is 31.6. The molecule has 3 aromatic rings. The Hall–Kier alpha value is -3.83. The normalized spacial score (nSPS) is 11.7. The fourth-order valence-electron chi connectivity index (χ4n) is 3.75. The van der Waals surface area contributed by atoms with E-state index in [9.17, 15) is 14.7 Å². The number of aromatic carboxylic acids is 1. The Labute approximate surface area is 195 Å². The minimum atomic E-state index is -1.16. The molecule has 2 aromatic carbocycles. The number of hydrogen-bond acceptors (Lipinski definition) is 6. The molecule has 1 heterocycles. The van der Waals surface area contributed by atoms with Crippen molar-refractivity contribution in [1.82, 2.24) is 15.3 Å². The van der Waals surface area contributed by atoms with E-state index >= 15 is 0 Å². The highest BCUT2D eigenvalue weighted by Crippen LogP contribution is 2.44. The molecule has 8 heteroatoms. The molecule has 4 rings (SSSR count). The Morgan fingerprint density at radius 3 is 2.42 bits per heavy atom. The van der Waals surface area contributed by atoms with Gasteiger partial charge in [-0.25, -0.2) is 19.6 Å². The molecule has 1 aliphatic carbocycles. The highest BCUT2D eigenvalue weighted by atomic mass is 32.2. The predicted molar refractivity (Wildman–Crippen MR) is 125 cm³/mol. The molecule has 0 radical (unpaired) electrons. The standard InChI is InChI=1S/C25H21N3O4S/c1-33-24-27-14-16(22(28-24)23(29)30)8-6-7-13-26-25(31)32-15-21-19-11-4-2-9-17(19)18-10-3-5-12-20(18)21/h2-5,9-12,14,21H,7,13,15H2,1H3,(H,26,31)(H,29,30). The van der Waals surface area contributed by atoms with E-state index < -0.39 is 12.1 Å². The zero-order valence-electron chi connectivity index (χ0n) is 17.9. The Balaban J connectivity index is 1.30. The van der Waals surface area contributed by atoms with Crippen LogP contribution in [0.15, 0.2) is 59.9 Å². The quantitative estimate of drug-likeness (QED) is 0.247. The van der Waals surface area contributed by atoms with Crippen molar-refractivity contribution in [2.45, 2.75) is 17.5 Å². The van der Waals surface area contributed by atoms with E-state index in [1.807, 2.05) is 24.3 Å². The van der Waals surface area contributed by atoms with Crippen LogP contribution in [0.25, 0.3) is 11.1 Å². The largest absolute Gasteiger partial charge is 0.476 e. The van der Waals surface area contributed by atoms with Gasteiger partial charge in [-0.05, 0) is 28.5 Å². The molecule has 0 spiro atoms. The van der Waals surface area contributed by atoms with E-state index in [2.05, 4.69) is 51.4 Å². The van der Waals surface area contributed by atoms with Gasteiger partial charge in [-0.2, -0.15) is 0 Å². The van der Waals surface area contributed by atoms with Crippen molar-refractivity contribution in [2.24, 2.45) is 0 Å². The molecule has 0 saturated heterocycles. The van der Waals surface area contributed by atoms with Gasteiger partial charge < -0.3 is 15.2 Å². The van der Waals surface area contributed by atoms with Crippen LogP contribution in [0.4, 0.5) is 4.79 Å². The Bertz CT molecular complexity index is 1220. The van der Waals surface area contributed by atoms with E-state index in [0.717, 1.165) is 11.1 Å². The van der Waals surface area contributed by atoms with Gasteiger partial charge in [0.2, 0.25) is 0 Å². The second kappa shape index (κ2) is 10.2. The zero-order valence-corrected chi connectivity index (χ0v) is 18.7. The first-order valence-corrected chi connectivity index (χ1v) is 11.5. The van der Waals surface area contributed by atoms with Crippen LogP contribution in [0.2, 0.25) is 0 Å². The molecular weight excluding hydrogens is 438 g/mol. The van der Waals surface area contributed by atoms with Crippen LogP contribution >= 0.6 is 11.8 Å². The third-order valence-corrected chi connectivity index (χ3v) is 5.80. The summed E-state index contributed by atoms with van der Waals surface area (Å²) in [7, 11) is 0. The summed E-state index contributed by atoms with van der Waals surface area (Å²) in [6, 6.07) is 16.3. The molecule has 2 N–H and O–H groups in total. The van der Waals surface area contributed by atoms with Gasteiger partial charge >= 0.3 is 12.1 Å². The van der Waals surface area contributed by atoms with E-state index in [4.69, 9.17) is 4.74 Å². The molecule has 0 saturated carbocycles. The molecule has 0 aliphatic heterocycles. The second-order valence-electron chi connectivity index (χ2n) is 7.23. The summed E-state index contributed by atoms with van der Waals surface area (Å²) in [6.07, 6.45) is 2.97. The third kappa shape index (κ3) is 4.99. The number of fused-ring (bicyclic) bond motifs is 3. The number of hydrogen-bond donors (Lipinski definition) is 2. The number of nitrogens with zero attached hydrogens (tertiary/aromatic N) is 2. The number of rotatable bonds is 6. The van der Waals surface area contributed by atoms with Crippen molar-refractivity contribution in [2.75, 3.05) is 19.4 Å². The molecule has 0 fully saturated rings. The van der Waals surface area contributed by atoms with E-state index in [1.165, 1.54) is 29.1 Å². The number of carboxylic acid groups (broad SMARTS) is 1. The lowest BCUT2D eigenvalue weighted by atomic mass is 9.98. The van der Waals surface area contributed by atoms with Crippen molar-refractivity contribution in [1.29, 1.82) is 0 Å². The molecule has 1 aliphatic rings. The van der Waals surface area contributed by atoms with Crippen molar-refractivity contribution in [3.8, 4) is 23.0 Å². The van der Waals surface area contributed by atoms with Gasteiger partial charge in [-0.3, -0.25) is 0 Å². The Morgan fingerprint density at radius 1 is 1.12 bits per heavy atom. The van der Waals surface area contributed by atoms with Gasteiger partial charge in [0.25, 0.3) is 0 Å². The third-order valence-electron chi connectivity index (χ3n) is 5.24. The molecule has 0 unspecified atom stereocenters. The molecule has 7 nitrogen and oxygen atoms in total. The number of carboxylic acids is 1. The molecule has 166 valence electrons. The predicted octanol–water partition coefficient (Wildman–Crippen LogP) is 4.18. The fourth-order valence-corrected chi connectivity index (χ4v) is 4.09. The molecule has 33 heavy (non-hydrogen) atoms. The van der Waals surface area contributed by atoms with Gasteiger partial charge in [-0.1, -0.05) is 72.1 Å². The van der Waals surface area contributed by atoms with E-state index in [0.29, 0.717) is 11.6 Å². The van der Waals surface area contributed by atoms with Crippen molar-refractivity contribution < 1.29 is 19.4 Å². The summed E-state index contributed by atoms with van der Waals surface area (Å²) >= 11 is 1.26. The van der Waals surface area contributed by atoms with E-state index in [1.54, 1.807) is 6.26 Å². The lowest BCUT2D eigenvalue weighted by Crippen LogP contribution is -2.26. The smallest absolute Gasteiger partial charge is 0.407 e. The summed E-state index contributed by atoms with van der Waals surface area (Å²) in [5.74, 6) is 4.45. The summed E-state index contributed by atoms with van der Waals surface area (Å²) < 4.78 is 5.48. The van der Waals surface area contributed by atoms with Crippen LogP contribution in [0.1, 0.15) is 39.5 Å². The second-order valence-corrected chi connectivity index (χ2v) is 8.00. The summed E-state index contributed by atoms with van der Waals surface area (Å²) in [5.41, 5.74) is 4.76. The molecule has 1 aromatic heterocycles. The first kappa shape index (κ1) is 22.4. The average Bonchev–Trinajstić information content (AvgIpc) is 3.16. The first-order valence-electron chi connectivity index (χ1n) is 10.3. The maximum atomic E-state index is 12.2. The minimum Gasteiger partial charge on any atom is -0.476 e. The average molecular weight is 460 g/mol. The monoisotopic (exact) mass is 459 g/mol. The maximum Gasteiger partial charge on any atom is 0.407 e. The van der Waals surface area contributed by atoms with Crippen LogP contribution in [0, 0.1) is 11.8 Å². The Morgan fingerprint density at radius 2 is 1.79 bits per heavy atom. The highest BCUT2D eigenvalue weighted by molar-refractivity contribution is 7.98. The number of carbonyl (C=O) groups is 2. The first-order chi connectivity index (χ1) is 16.1. The number of amides is 1. The highest BCUT2D eigenvalue weighted by Gasteiger charge is 2.28. The van der Waals surface area contributed by atoms with Gasteiger partial charge in [-0.15, -0.1) is 0 Å². The zero-order chi connectivity index (χ0) is 23.2. The summed E-state index contributed by atoms with van der Waals surface area (Å²) in [5, 5.41) is 12.3. The number of ether oxygens (including phenoxy) is 1. The lowest BCUT2D eigenvalue weighted by molar-refractivity contribution is 0.0689. The number of thioether (sulfide) groups is 1. The van der Waals surface area contributed by atoms with Crippen molar-refractivity contribution in [3.05, 3.63) is 77.1 Å². The Kier molecular flexibility index (Phi) is 6.91. The number of alkyl carbamates (subject to hydrolysis) is 1. The van der Waals surface area contributed by atoms with Crippen LogP contribution < -0.4 is 5.32 Å². The number of benzene rings is 2. The topological polar surface area (TPSA) is 101 Å². The van der Waals surface area contributed by atoms with Crippen LogP contribution in [-0.2, 0) is 4.74 Å². The summed E-state index contributed by atoms with van der Waals surface area (Å²) in [6.45, 7) is 0.516. The van der Waals surface area contributed by atoms with Crippen molar-refractivity contribution >= 4 is 23.8 Å². The number of carbonyl (C=O) groups excluding carboxylic acids is 1. The molecule has 0 bridgehead atoms. The van der Waals surface area contributed by atoms with Crippen LogP contribution in [0.5, 0.6) is 0 Å². The van der Waals surface area contributed by atoms with Crippen LogP contribution in [0.3, 0.4) is 0 Å². The molecule has 1 amide bonds. The molecular formula is C25H21N3O4S. The SMILES string of the molecule is CSc1ncc(C#CCCNC(=O)OCC2c3ccccc3-c3ccccc32)c(C(=O)O)n1. The fraction of sp³-hybridized carbons (Fsp3) is 0.200. The lowest BCUT2D eigenvalue weighted by Gasteiger charge is -2.14. The van der Waals surface area contributed by atoms with Gasteiger partial charge in [0.15, 0.2) is 10.9 Å². The van der Waals surface area contributed by atoms with Crippen LogP contribution in [-0.4, -0.2) is 46.5 Å². The number of aromatic nitrogens is 2. The van der Waals surface area contributed by atoms with Gasteiger partial charge in [0.05, 0.1) is 5.56 Å².